The van der Waals surface area contributed by atoms with E-state index < -0.39 is 6.16 Å². The third kappa shape index (κ3) is 10.8. The highest BCUT2D eigenvalue weighted by molar-refractivity contribution is 5.56. The molecule has 0 aliphatic heterocycles. The normalized spacial score (nSPS) is 10.2. The second-order valence-corrected chi connectivity index (χ2v) is 2.22. The summed E-state index contributed by atoms with van der Waals surface area (Å²) in [6.45, 7) is 2.53. The number of rotatable bonds is 7. The van der Waals surface area contributed by atoms with Crippen LogP contribution >= 0.6 is 0 Å². The Morgan fingerprint density at radius 1 is 1.54 bits per heavy atom. The zero-order valence-electron chi connectivity index (χ0n) is 7.56. The van der Waals surface area contributed by atoms with Crippen molar-refractivity contribution in [1.29, 1.82) is 0 Å². The molecule has 0 bridgehead atoms. The molecule has 13 heavy (non-hydrogen) atoms. The lowest BCUT2D eigenvalue weighted by Crippen LogP contribution is -1.99. The predicted octanol–water partition coefficient (Wildman–Crippen LogP) is 1.94. The minimum Gasteiger partial charge on any atom is -0.450 e. The topological polar surface area (TPSA) is 65.0 Å². The Balaban J connectivity index is 3.08. The van der Waals surface area contributed by atoms with Crippen LogP contribution in [0.15, 0.2) is 12.3 Å². The minimum atomic E-state index is -1.31. The molecule has 0 heterocycles. The molecule has 0 saturated heterocycles. The molecule has 0 atom stereocenters. The Morgan fingerprint density at radius 2 is 2.31 bits per heavy atom. The molecule has 0 aliphatic rings. The predicted molar refractivity (Wildman–Crippen MR) is 45.1 cm³/mol. The molecule has 0 unspecified atom stereocenters. The molecule has 1 N–H and O–H groups in total. The van der Waals surface area contributed by atoms with Gasteiger partial charge in [-0.1, -0.05) is 13.3 Å². The Morgan fingerprint density at radius 3 is 2.92 bits per heavy atom. The van der Waals surface area contributed by atoms with E-state index in [4.69, 9.17) is 9.99 Å². The largest absolute Gasteiger partial charge is 0.506 e. The van der Waals surface area contributed by atoms with Gasteiger partial charge in [0, 0.05) is 0 Å². The molecule has 5 heteroatoms. The summed E-state index contributed by atoms with van der Waals surface area (Å²) < 4.78 is 4.16. The van der Waals surface area contributed by atoms with Crippen molar-refractivity contribution in [3.05, 3.63) is 12.3 Å². The van der Waals surface area contributed by atoms with Crippen molar-refractivity contribution in [3.63, 3.8) is 0 Å². The van der Waals surface area contributed by atoms with Crippen molar-refractivity contribution in [1.82, 2.24) is 0 Å². The van der Waals surface area contributed by atoms with Crippen LogP contribution in [0.5, 0.6) is 0 Å². The maximum Gasteiger partial charge on any atom is 0.506 e. The van der Waals surface area contributed by atoms with E-state index in [9.17, 15) is 4.79 Å². The van der Waals surface area contributed by atoms with E-state index in [0.717, 1.165) is 12.8 Å². The highest BCUT2D eigenvalue weighted by Crippen LogP contribution is 1.89. The van der Waals surface area contributed by atoms with Gasteiger partial charge in [-0.25, -0.2) is 4.79 Å². The molecule has 0 fully saturated rings. The summed E-state index contributed by atoms with van der Waals surface area (Å²) in [7, 11) is 0. The molecular formula is C8H14O5. The quantitative estimate of drug-likeness (QED) is 0.218. The highest BCUT2D eigenvalue weighted by atomic mass is 17.2. The molecular weight excluding hydrogens is 176 g/mol. The molecule has 76 valence electrons. The Bertz CT molecular complexity index is 155. The number of unbranched alkanes of at least 4 members (excludes halogenated alkanes) is 1. The molecule has 0 radical (unpaired) electrons. The molecule has 0 aromatic rings. The van der Waals surface area contributed by atoms with Crippen molar-refractivity contribution in [2.45, 2.75) is 19.8 Å². The summed E-state index contributed by atoms with van der Waals surface area (Å²) in [6.07, 6.45) is 3.31. The van der Waals surface area contributed by atoms with Crippen LogP contribution in [0.3, 0.4) is 0 Å². The van der Waals surface area contributed by atoms with Gasteiger partial charge in [-0.05, 0) is 12.5 Å². The van der Waals surface area contributed by atoms with Crippen molar-refractivity contribution >= 4 is 6.16 Å². The number of hydrogen-bond donors (Lipinski definition) is 1. The van der Waals surface area contributed by atoms with Gasteiger partial charge in [0.15, 0.2) is 0 Å². The van der Waals surface area contributed by atoms with E-state index >= 15 is 0 Å². The number of carboxylic acid groups (broad SMARTS) is 1. The summed E-state index contributed by atoms with van der Waals surface area (Å²) in [5.41, 5.74) is 0. The summed E-state index contributed by atoms with van der Waals surface area (Å²) in [5, 5.41) is 8.06. The average Bonchev–Trinajstić information content (AvgIpc) is 2.09. The first-order chi connectivity index (χ1) is 6.27. The molecule has 0 rings (SSSR count). The highest BCUT2D eigenvalue weighted by Gasteiger charge is 1.90. The van der Waals surface area contributed by atoms with Gasteiger partial charge in [0.25, 0.3) is 0 Å². The second kappa shape index (κ2) is 8.86. The fourth-order valence-corrected chi connectivity index (χ4v) is 0.489. The lowest BCUT2D eigenvalue weighted by molar-refractivity contribution is -0.249. The van der Waals surface area contributed by atoms with E-state index in [-0.39, 0.29) is 6.61 Å². The fraction of sp³-hybridized carbons (Fsp3) is 0.625. The SMILES string of the molecule is CCCCOOC=CCOC(=O)O. The Hall–Kier alpha value is -1.23. The van der Waals surface area contributed by atoms with E-state index in [2.05, 4.69) is 9.62 Å². The van der Waals surface area contributed by atoms with Crippen LogP contribution in [0.2, 0.25) is 0 Å². The summed E-state index contributed by atoms with van der Waals surface area (Å²) in [4.78, 5) is 19.1. The molecule has 0 aromatic heterocycles. The van der Waals surface area contributed by atoms with E-state index in [0.29, 0.717) is 6.61 Å². The number of hydrogen-bond acceptors (Lipinski definition) is 4. The van der Waals surface area contributed by atoms with E-state index in [1.165, 1.54) is 12.3 Å². The van der Waals surface area contributed by atoms with Crippen LogP contribution in [0, 0.1) is 0 Å². The second-order valence-electron chi connectivity index (χ2n) is 2.22. The number of ether oxygens (including phenoxy) is 1. The van der Waals surface area contributed by atoms with Crippen LogP contribution in [0.4, 0.5) is 4.79 Å². The zero-order valence-corrected chi connectivity index (χ0v) is 7.56. The lowest BCUT2D eigenvalue weighted by Gasteiger charge is -1.98. The van der Waals surface area contributed by atoms with Crippen molar-refractivity contribution in [2.75, 3.05) is 13.2 Å². The van der Waals surface area contributed by atoms with E-state index in [1.54, 1.807) is 0 Å². The molecule has 0 aromatic carbocycles. The van der Waals surface area contributed by atoms with Gasteiger partial charge in [0.05, 0.1) is 6.61 Å². The van der Waals surface area contributed by atoms with Crippen LogP contribution in [0.1, 0.15) is 19.8 Å². The van der Waals surface area contributed by atoms with Gasteiger partial charge in [-0.3, -0.25) is 0 Å². The van der Waals surface area contributed by atoms with Gasteiger partial charge in [0.1, 0.15) is 12.9 Å². The third-order valence-electron chi connectivity index (χ3n) is 1.10. The smallest absolute Gasteiger partial charge is 0.450 e. The van der Waals surface area contributed by atoms with Crippen LogP contribution in [-0.2, 0) is 14.5 Å². The Labute approximate surface area is 76.8 Å². The third-order valence-corrected chi connectivity index (χ3v) is 1.10. The van der Waals surface area contributed by atoms with Crippen molar-refractivity contribution in [3.8, 4) is 0 Å². The number of carbonyl (C=O) groups is 1. The van der Waals surface area contributed by atoms with Crippen LogP contribution in [-0.4, -0.2) is 24.5 Å². The van der Waals surface area contributed by atoms with Crippen LogP contribution in [0.25, 0.3) is 0 Å². The lowest BCUT2D eigenvalue weighted by atomic mass is 10.4. The Kier molecular flexibility index (Phi) is 8.02. The van der Waals surface area contributed by atoms with Gasteiger partial charge in [-0.2, -0.15) is 4.89 Å². The average molecular weight is 190 g/mol. The molecule has 0 saturated carbocycles. The monoisotopic (exact) mass is 190 g/mol. The maximum atomic E-state index is 9.85. The fourth-order valence-electron chi connectivity index (χ4n) is 0.489. The molecule has 0 spiro atoms. The zero-order chi connectivity index (χ0) is 9.94. The molecule has 5 nitrogen and oxygen atoms in total. The first-order valence-electron chi connectivity index (χ1n) is 4.06. The van der Waals surface area contributed by atoms with Crippen molar-refractivity contribution in [2.24, 2.45) is 0 Å². The van der Waals surface area contributed by atoms with Gasteiger partial charge >= 0.3 is 6.16 Å². The van der Waals surface area contributed by atoms with Gasteiger partial charge < -0.3 is 14.7 Å². The molecule has 0 aliphatic carbocycles. The summed E-state index contributed by atoms with van der Waals surface area (Å²) in [5.74, 6) is 0. The van der Waals surface area contributed by atoms with E-state index in [1.807, 2.05) is 6.92 Å². The maximum absolute atomic E-state index is 9.85. The van der Waals surface area contributed by atoms with Crippen LogP contribution < -0.4 is 0 Å². The molecule has 0 amide bonds. The summed E-state index contributed by atoms with van der Waals surface area (Å²) in [6, 6.07) is 0. The minimum absolute atomic E-state index is 0.0352. The van der Waals surface area contributed by atoms with Crippen molar-refractivity contribution < 1.29 is 24.4 Å². The van der Waals surface area contributed by atoms with Gasteiger partial charge in [0.2, 0.25) is 0 Å². The first-order valence-corrected chi connectivity index (χ1v) is 4.06. The standard InChI is InChI=1S/C8H14O5/c1-2-3-6-12-13-7-4-5-11-8(9)10/h4,7H,2-3,5-6H2,1H3,(H,9,10). The summed E-state index contributed by atoms with van der Waals surface area (Å²) >= 11 is 0. The van der Waals surface area contributed by atoms with Gasteiger partial charge in [-0.15, -0.1) is 0 Å². The first kappa shape index (κ1) is 11.8.